The van der Waals surface area contributed by atoms with Crippen molar-refractivity contribution < 1.29 is 18.4 Å². The molecule has 0 bridgehead atoms. The molecule has 31 heavy (non-hydrogen) atoms. The average Bonchev–Trinajstić information content (AvgIpc) is 3.27. The summed E-state index contributed by atoms with van der Waals surface area (Å²) in [5.74, 6) is 0.518. The number of amides is 1. The van der Waals surface area contributed by atoms with Crippen LogP contribution in [0.4, 0.5) is 10.1 Å². The van der Waals surface area contributed by atoms with E-state index in [1.54, 1.807) is 49.6 Å². The Labute approximate surface area is 182 Å². The van der Waals surface area contributed by atoms with Crippen LogP contribution >= 0.6 is 11.6 Å². The lowest BCUT2D eigenvalue weighted by Crippen LogP contribution is -2.15. The molecule has 0 saturated heterocycles. The number of halogens is 2. The molecule has 8 heteroatoms. The molecule has 6 nitrogen and oxygen atoms in total. The van der Waals surface area contributed by atoms with Crippen molar-refractivity contribution in [1.29, 1.82) is 0 Å². The van der Waals surface area contributed by atoms with Crippen LogP contribution in [0.3, 0.4) is 0 Å². The fraction of sp³-hybridized carbons (Fsp3) is 0.0870. The zero-order valence-electron chi connectivity index (χ0n) is 16.4. The van der Waals surface area contributed by atoms with Crippen LogP contribution in [0.1, 0.15) is 5.56 Å². The van der Waals surface area contributed by atoms with Gasteiger partial charge in [0.25, 0.3) is 5.89 Å². The summed E-state index contributed by atoms with van der Waals surface area (Å²) in [7, 11) is 1.59. The van der Waals surface area contributed by atoms with Crippen LogP contribution in [-0.4, -0.2) is 23.2 Å². The third-order valence-electron chi connectivity index (χ3n) is 4.55. The first kappa shape index (κ1) is 20.6. The van der Waals surface area contributed by atoms with Gasteiger partial charge in [-0.25, -0.2) is 4.39 Å². The quantitative estimate of drug-likeness (QED) is 0.438. The van der Waals surface area contributed by atoms with Crippen molar-refractivity contribution in [3.05, 3.63) is 83.1 Å². The zero-order valence-corrected chi connectivity index (χ0v) is 17.2. The molecule has 4 aromatic rings. The molecule has 0 aliphatic rings. The van der Waals surface area contributed by atoms with E-state index in [4.69, 9.17) is 20.9 Å². The van der Waals surface area contributed by atoms with Gasteiger partial charge in [0.15, 0.2) is 0 Å². The van der Waals surface area contributed by atoms with Crippen LogP contribution < -0.4 is 10.1 Å². The molecule has 0 fully saturated rings. The van der Waals surface area contributed by atoms with E-state index in [-0.39, 0.29) is 23.2 Å². The Morgan fingerprint density at radius 1 is 1.13 bits per heavy atom. The Balaban J connectivity index is 1.54. The number of hydrogen-bond donors (Lipinski definition) is 1. The summed E-state index contributed by atoms with van der Waals surface area (Å²) in [5, 5.41) is 6.86. The highest BCUT2D eigenvalue weighted by molar-refractivity contribution is 6.30. The molecule has 156 valence electrons. The number of benzene rings is 3. The fourth-order valence-electron chi connectivity index (χ4n) is 3.00. The zero-order chi connectivity index (χ0) is 21.8. The molecule has 1 heterocycles. The normalized spacial score (nSPS) is 10.7. The van der Waals surface area contributed by atoms with Crippen LogP contribution in [-0.2, 0) is 11.2 Å². The molecular weight excluding hydrogens is 421 g/mol. The number of carbonyl (C=O) groups is 1. The topological polar surface area (TPSA) is 77.3 Å². The lowest BCUT2D eigenvalue weighted by molar-refractivity contribution is -0.115. The Kier molecular flexibility index (Phi) is 5.95. The maximum atomic E-state index is 13.6. The van der Waals surface area contributed by atoms with Crippen molar-refractivity contribution in [1.82, 2.24) is 10.1 Å². The number of nitrogens with one attached hydrogen (secondary N) is 1. The van der Waals surface area contributed by atoms with Gasteiger partial charge in [-0.2, -0.15) is 4.98 Å². The Morgan fingerprint density at radius 3 is 2.65 bits per heavy atom. The van der Waals surface area contributed by atoms with Gasteiger partial charge >= 0.3 is 0 Å². The van der Waals surface area contributed by atoms with Crippen molar-refractivity contribution in [3.8, 4) is 28.6 Å². The molecule has 3 aromatic carbocycles. The molecule has 0 saturated carbocycles. The molecule has 1 N–H and O–H groups in total. The number of rotatable bonds is 6. The van der Waals surface area contributed by atoms with Crippen molar-refractivity contribution in [2.75, 3.05) is 12.4 Å². The predicted octanol–water partition coefficient (Wildman–Crippen LogP) is 5.39. The minimum atomic E-state index is -0.565. The summed E-state index contributed by atoms with van der Waals surface area (Å²) in [6, 6.07) is 18.6. The molecule has 1 amide bonds. The van der Waals surface area contributed by atoms with Gasteiger partial charge in [-0.1, -0.05) is 35.0 Å². The summed E-state index contributed by atoms with van der Waals surface area (Å²) >= 11 is 5.69. The molecule has 0 radical (unpaired) electrons. The summed E-state index contributed by atoms with van der Waals surface area (Å²) in [4.78, 5) is 16.9. The number of nitrogens with zero attached hydrogens (tertiary/aromatic N) is 2. The molecule has 0 aliphatic heterocycles. The number of methoxy groups -OCH3 is 1. The summed E-state index contributed by atoms with van der Waals surface area (Å²) in [6.07, 6.45) is -0.0106. The predicted molar refractivity (Wildman–Crippen MR) is 115 cm³/mol. The second-order valence-electron chi connectivity index (χ2n) is 6.67. The number of anilines is 1. The molecule has 0 spiro atoms. The van der Waals surface area contributed by atoms with Gasteiger partial charge in [0, 0.05) is 5.56 Å². The van der Waals surface area contributed by atoms with E-state index in [1.165, 1.54) is 12.1 Å². The monoisotopic (exact) mass is 437 g/mol. The summed E-state index contributed by atoms with van der Waals surface area (Å²) in [5.41, 5.74) is 2.36. The largest absolute Gasteiger partial charge is 0.497 e. The first-order chi connectivity index (χ1) is 15.0. The highest BCUT2D eigenvalue weighted by Crippen LogP contribution is 2.29. The van der Waals surface area contributed by atoms with Gasteiger partial charge in [-0.05, 0) is 54.1 Å². The standard InChI is InChI=1S/C23H17ClFN3O3/c1-30-16-9-7-15(8-10-16)22-27-23(31-28-22)17-4-2-3-5-20(17)26-21(29)13-14-6-11-18(24)19(25)12-14/h2-12H,13H2,1H3,(H,26,29). The van der Waals surface area contributed by atoms with E-state index in [0.29, 0.717) is 22.6 Å². The fourth-order valence-corrected chi connectivity index (χ4v) is 3.12. The molecule has 0 atom stereocenters. The van der Waals surface area contributed by atoms with Gasteiger partial charge in [0.2, 0.25) is 11.7 Å². The highest BCUT2D eigenvalue weighted by atomic mass is 35.5. The van der Waals surface area contributed by atoms with E-state index in [9.17, 15) is 9.18 Å². The van der Waals surface area contributed by atoms with E-state index >= 15 is 0 Å². The number of para-hydroxylation sites is 1. The van der Waals surface area contributed by atoms with Crippen LogP contribution in [0.25, 0.3) is 22.8 Å². The summed E-state index contributed by atoms with van der Waals surface area (Å²) in [6.45, 7) is 0. The van der Waals surface area contributed by atoms with Crippen LogP contribution in [0.15, 0.2) is 71.3 Å². The number of hydrogen-bond acceptors (Lipinski definition) is 5. The van der Waals surface area contributed by atoms with Crippen LogP contribution in [0, 0.1) is 5.82 Å². The van der Waals surface area contributed by atoms with Gasteiger partial charge < -0.3 is 14.6 Å². The first-order valence-electron chi connectivity index (χ1n) is 9.35. The molecular formula is C23H17ClFN3O3. The second-order valence-corrected chi connectivity index (χ2v) is 7.08. The SMILES string of the molecule is COc1ccc(-c2noc(-c3ccccc3NC(=O)Cc3ccc(Cl)c(F)c3)n2)cc1. The Morgan fingerprint density at radius 2 is 1.90 bits per heavy atom. The average molecular weight is 438 g/mol. The van der Waals surface area contributed by atoms with Gasteiger partial charge in [0.05, 0.1) is 29.8 Å². The van der Waals surface area contributed by atoms with Gasteiger partial charge in [0.1, 0.15) is 11.6 Å². The van der Waals surface area contributed by atoms with Crippen LogP contribution in [0.2, 0.25) is 5.02 Å². The maximum Gasteiger partial charge on any atom is 0.260 e. The minimum absolute atomic E-state index is 0.0106. The van der Waals surface area contributed by atoms with Crippen molar-refractivity contribution in [3.63, 3.8) is 0 Å². The number of carbonyl (C=O) groups excluding carboxylic acids is 1. The minimum Gasteiger partial charge on any atom is -0.497 e. The molecule has 1 aromatic heterocycles. The third-order valence-corrected chi connectivity index (χ3v) is 4.86. The Hall–Kier alpha value is -3.71. The van der Waals surface area contributed by atoms with E-state index in [2.05, 4.69) is 15.5 Å². The van der Waals surface area contributed by atoms with Crippen molar-refractivity contribution >= 4 is 23.2 Å². The van der Waals surface area contributed by atoms with E-state index in [1.807, 2.05) is 12.1 Å². The first-order valence-corrected chi connectivity index (χ1v) is 9.72. The van der Waals surface area contributed by atoms with Gasteiger partial charge in [-0.3, -0.25) is 4.79 Å². The van der Waals surface area contributed by atoms with E-state index < -0.39 is 5.82 Å². The number of aromatic nitrogens is 2. The molecule has 0 unspecified atom stereocenters. The number of ether oxygens (including phenoxy) is 1. The molecule has 0 aliphatic carbocycles. The lowest BCUT2D eigenvalue weighted by Gasteiger charge is -2.09. The summed E-state index contributed by atoms with van der Waals surface area (Å²) < 4.78 is 24.2. The smallest absolute Gasteiger partial charge is 0.260 e. The van der Waals surface area contributed by atoms with E-state index in [0.717, 1.165) is 11.3 Å². The Bertz CT molecular complexity index is 1220. The third kappa shape index (κ3) is 4.73. The maximum absolute atomic E-state index is 13.6. The van der Waals surface area contributed by atoms with Crippen molar-refractivity contribution in [2.45, 2.75) is 6.42 Å². The lowest BCUT2D eigenvalue weighted by atomic mass is 10.1. The highest BCUT2D eigenvalue weighted by Gasteiger charge is 2.16. The van der Waals surface area contributed by atoms with Crippen LogP contribution in [0.5, 0.6) is 5.75 Å². The van der Waals surface area contributed by atoms with Gasteiger partial charge in [-0.15, -0.1) is 0 Å². The second kappa shape index (κ2) is 8.97. The molecule has 4 rings (SSSR count). The van der Waals surface area contributed by atoms with Crippen molar-refractivity contribution in [2.24, 2.45) is 0 Å².